The minimum absolute atomic E-state index is 0.0955. The van der Waals surface area contributed by atoms with Crippen LogP contribution in [0.25, 0.3) is 0 Å². The zero-order valence-corrected chi connectivity index (χ0v) is 8.97. The fourth-order valence-electron chi connectivity index (χ4n) is 0.855. The van der Waals surface area contributed by atoms with E-state index < -0.39 is 10.9 Å². The smallest absolute Gasteiger partial charge is 0.404 e. The number of rotatable bonds is 4. The van der Waals surface area contributed by atoms with E-state index in [4.69, 9.17) is 5.11 Å². The first-order valence-corrected chi connectivity index (χ1v) is 4.49. The van der Waals surface area contributed by atoms with Crippen LogP contribution in [-0.4, -0.2) is 25.8 Å². The van der Waals surface area contributed by atoms with Crippen LogP contribution < -0.4 is 0 Å². The molecule has 1 aromatic rings. The summed E-state index contributed by atoms with van der Waals surface area (Å²) in [6.07, 6.45) is 1.33. The molecule has 0 aliphatic rings. The third-order valence-electron chi connectivity index (χ3n) is 1.53. The first-order chi connectivity index (χ1) is 6.91. The molecule has 1 rings (SSSR count). The summed E-state index contributed by atoms with van der Waals surface area (Å²) in [5.74, 6) is -1.52. The van der Waals surface area contributed by atoms with Gasteiger partial charge in [0.2, 0.25) is 0 Å². The molecule has 0 bridgehead atoms. The normalized spacial score (nSPS) is 9.93. The van der Waals surface area contributed by atoms with Crippen LogP contribution in [0.3, 0.4) is 0 Å². The number of carbonyl (C=O) groups is 1. The van der Waals surface area contributed by atoms with Crippen molar-refractivity contribution in [3.05, 3.63) is 32.9 Å². The Hall–Kier alpha value is -1.70. The van der Waals surface area contributed by atoms with E-state index in [-0.39, 0.29) is 22.4 Å². The Bertz CT molecular complexity index is 439. The molecule has 0 spiro atoms. The lowest BCUT2D eigenvalue weighted by atomic mass is 10.3. The summed E-state index contributed by atoms with van der Waals surface area (Å²) in [4.78, 5) is 20.2. The molecule has 0 aliphatic heterocycles. The molecule has 7 nitrogen and oxygen atoms in total. The lowest BCUT2D eigenvalue weighted by Crippen LogP contribution is -2.08. The molecule has 0 unspecified atom stereocenters. The van der Waals surface area contributed by atoms with Gasteiger partial charge < -0.3 is 15.2 Å². The van der Waals surface area contributed by atoms with E-state index in [0.29, 0.717) is 0 Å². The van der Waals surface area contributed by atoms with Gasteiger partial charge in [0.1, 0.15) is 4.47 Å². The second kappa shape index (κ2) is 4.22. The predicted molar refractivity (Wildman–Crippen MR) is 53.4 cm³/mol. The molecule has 0 atom stereocenters. The van der Waals surface area contributed by atoms with Crippen molar-refractivity contribution < 1.29 is 14.8 Å². The molecule has 0 saturated carbocycles. The SMILES string of the molecule is C=C(Cn1cc(Br)c([N+](=O)[O-])n1)C(=O)O. The monoisotopic (exact) mass is 275 g/mol. The lowest BCUT2D eigenvalue weighted by Gasteiger charge is -1.95. The van der Waals surface area contributed by atoms with Gasteiger partial charge in [-0.1, -0.05) is 6.58 Å². The summed E-state index contributed by atoms with van der Waals surface area (Å²) in [6, 6.07) is 0. The number of nitro groups is 1. The van der Waals surface area contributed by atoms with E-state index in [1.807, 2.05) is 0 Å². The van der Waals surface area contributed by atoms with Crippen LogP contribution in [0, 0.1) is 10.1 Å². The largest absolute Gasteiger partial charge is 0.478 e. The molecular formula is C7H6BrN3O4. The van der Waals surface area contributed by atoms with Crippen molar-refractivity contribution in [3.63, 3.8) is 0 Å². The van der Waals surface area contributed by atoms with Crippen molar-refractivity contribution in [3.8, 4) is 0 Å². The van der Waals surface area contributed by atoms with E-state index in [2.05, 4.69) is 27.6 Å². The number of aromatic nitrogens is 2. The van der Waals surface area contributed by atoms with E-state index in [1.165, 1.54) is 6.20 Å². The van der Waals surface area contributed by atoms with E-state index in [1.54, 1.807) is 0 Å². The fourth-order valence-corrected chi connectivity index (χ4v) is 1.32. The Morgan fingerprint density at radius 3 is 2.80 bits per heavy atom. The molecule has 80 valence electrons. The minimum atomic E-state index is -1.16. The van der Waals surface area contributed by atoms with Crippen molar-refractivity contribution in [2.75, 3.05) is 0 Å². The van der Waals surface area contributed by atoms with Crippen molar-refractivity contribution in [1.82, 2.24) is 9.78 Å². The van der Waals surface area contributed by atoms with Crippen LogP contribution in [0.15, 0.2) is 22.8 Å². The molecule has 0 aromatic carbocycles. The highest BCUT2D eigenvalue weighted by molar-refractivity contribution is 9.10. The Kier molecular flexibility index (Phi) is 3.20. The highest BCUT2D eigenvalue weighted by atomic mass is 79.9. The zero-order chi connectivity index (χ0) is 11.6. The van der Waals surface area contributed by atoms with E-state index >= 15 is 0 Å². The highest BCUT2D eigenvalue weighted by Crippen LogP contribution is 2.22. The second-order valence-electron chi connectivity index (χ2n) is 2.66. The molecule has 0 saturated heterocycles. The summed E-state index contributed by atoms with van der Waals surface area (Å²) < 4.78 is 1.34. The summed E-state index contributed by atoms with van der Waals surface area (Å²) in [5.41, 5.74) is -0.0973. The molecule has 0 aliphatic carbocycles. The van der Waals surface area contributed by atoms with Gasteiger partial charge in [-0.15, -0.1) is 0 Å². The maximum atomic E-state index is 10.4. The average Bonchev–Trinajstić information content (AvgIpc) is 2.46. The molecular weight excluding hydrogens is 270 g/mol. The standard InChI is InChI=1S/C7H6BrN3O4/c1-4(7(12)13)2-10-3-5(8)6(9-10)11(14)15/h3H,1-2H2,(H,12,13). The number of hydrogen-bond donors (Lipinski definition) is 1. The molecule has 1 aromatic heterocycles. The number of nitrogens with zero attached hydrogens (tertiary/aromatic N) is 3. The van der Waals surface area contributed by atoms with Gasteiger partial charge in [-0.3, -0.25) is 0 Å². The number of halogens is 1. The predicted octanol–water partition coefficient (Wildman–Crippen LogP) is 1.19. The Labute approximate surface area is 92.3 Å². The Morgan fingerprint density at radius 1 is 1.80 bits per heavy atom. The third-order valence-corrected chi connectivity index (χ3v) is 2.09. The van der Waals surface area contributed by atoms with Gasteiger partial charge in [-0.2, -0.15) is 4.68 Å². The molecule has 0 amide bonds. The van der Waals surface area contributed by atoms with Crippen LogP contribution in [0.5, 0.6) is 0 Å². The maximum absolute atomic E-state index is 10.4. The van der Waals surface area contributed by atoms with Gasteiger partial charge in [-0.05, 0) is 20.9 Å². The van der Waals surface area contributed by atoms with Gasteiger partial charge in [0.25, 0.3) is 0 Å². The Balaban J connectivity index is 2.89. The molecule has 0 fully saturated rings. The molecule has 1 N–H and O–H groups in total. The third kappa shape index (κ3) is 2.62. The quantitative estimate of drug-likeness (QED) is 0.506. The molecule has 15 heavy (non-hydrogen) atoms. The maximum Gasteiger partial charge on any atom is 0.404 e. The number of carboxylic acids is 1. The number of carboxylic acid groups (broad SMARTS) is 1. The topological polar surface area (TPSA) is 98.3 Å². The van der Waals surface area contributed by atoms with Crippen molar-refractivity contribution in [1.29, 1.82) is 0 Å². The van der Waals surface area contributed by atoms with Gasteiger partial charge in [0, 0.05) is 0 Å². The number of hydrogen-bond acceptors (Lipinski definition) is 4. The second-order valence-corrected chi connectivity index (χ2v) is 3.52. The van der Waals surface area contributed by atoms with Crippen molar-refractivity contribution in [2.24, 2.45) is 0 Å². The van der Waals surface area contributed by atoms with Crippen molar-refractivity contribution >= 4 is 27.7 Å². The van der Waals surface area contributed by atoms with Crippen LogP contribution in [0.4, 0.5) is 5.82 Å². The van der Waals surface area contributed by atoms with Gasteiger partial charge in [0.05, 0.1) is 23.4 Å². The lowest BCUT2D eigenvalue weighted by molar-refractivity contribution is -0.390. The average molecular weight is 276 g/mol. The van der Waals surface area contributed by atoms with Gasteiger partial charge in [0.15, 0.2) is 0 Å². The van der Waals surface area contributed by atoms with Crippen LogP contribution in [-0.2, 0) is 11.3 Å². The van der Waals surface area contributed by atoms with Crippen molar-refractivity contribution in [2.45, 2.75) is 6.54 Å². The first-order valence-electron chi connectivity index (χ1n) is 3.70. The summed E-state index contributed by atoms with van der Waals surface area (Å²) >= 11 is 2.94. The molecule has 0 radical (unpaired) electrons. The van der Waals surface area contributed by atoms with E-state index in [9.17, 15) is 14.9 Å². The van der Waals surface area contributed by atoms with Crippen LogP contribution in [0.1, 0.15) is 0 Å². The highest BCUT2D eigenvalue weighted by Gasteiger charge is 2.19. The van der Waals surface area contributed by atoms with Crippen LogP contribution in [0.2, 0.25) is 0 Å². The summed E-state index contributed by atoms with van der Waals surface area (Å²) in [7, 11) is 0. The van der Waals surface area contributed by atoms with Crippen LogP contribution >= 0.6 is 15.9 Å². The van der Waals surface area contributed by atoms with E-state index in [0.717, 1.165) is 4.68 Å². The molecule has 8 heteroatoms. The number of aliphatic carboxylic acids is 1. The summed E-state index contributed by atoms with van der Waals surface area (Å²) in [6.45, 7) is 3.19. The minimum Gasteiger partial charge on any atom is -0.478 e. The Morgan fingerprint density at radius 2 is 2.40 bits per heavy atom. The first kappa shape index (κ1) is 11.4. The fraction of sp³-hybridized carbons (Fsp3) is 0.143. The van der Waals surface area contributed by atoms with Gasteiger partial charge >= 0.3 is 11.8 Å². The molecule has 1 heterocycles. The zero-order valence-electron chi connectivity index (χ0n) is 7.38. The summed E-state index contributed by atoms with van der Waals surface area (Å²) in [5, 5.41) is 22.5. The van der Waals surface area contributed by atoms with Gasteiger partial charge in [-0.25, -0.2) is 4.79 Å².